The van der Waals surface area contributed by atoms with Crippen LogP contribution in [0.4, 0.5) is 11.4 Å². The molecule has 1 rings (SSSR count). The van der Waals surface area contributed by atoms with Crippen LogP contribution in [0.5, 0.6) is 0 Å². The second-order valence-corrected chi connectivity index (χ2v) is 5.65. The Hall–Kier alpha value is -1.59. The molecule has 20 heavy (non-hydrogen) atoms. The van der Waals surface area contributed by atoms with Gasteiger partial charge in [0.1, 0.15) is 6.61 Å². The largest absolute Gasteiger partial charge is 0.397 e. The van der Waals surface area contributed by atoms with Crippen molar-refractivity contribution in [2.45, 2.75) is 33.3 Å². The Balaban J connectivity index is 2.27. The topological polar surface area (TPSA) is 73.6 Å². The lowest BCUT2D eigenvalue weighted by molar-refractivity contribution is -0.121. The highest BCUT2D eigenvalue weighted by molar-refractivity contribution is 5.94. The standard InChI is InChI=1S/C15H24N2O3/c1-11-5-6-13(12(16)9-11)17-14(18)10-19-7-8-20-15(2,3)4/h5-6,9H,7-8,10,16H2,1-4H3,(H,17,18). The lowest BCUT2D eigenvalue weighted by Crippen LogP contribution is -2.24. The summed E-state index contributed by atoms with van der Waals surface area (Å²) in [7, 11) is 0. The molecule has 1 aromatic carbocycles. The molecule has 0 bridgehead atoms. The van der Waals surface area contributed by atoms with E-state index in [1.165, 1.54) is 0 Å². The van der Waals surface area contributed by atoms with Crippen LogP contribution >= 0.6 is 0 Å². The number of benzene rings is 1. The first-order valence-corrected chi connectivity index (χ1v) is 6.65. The zero-order valence-electron chi connectivity index (χ0n) is 12.7. The molecule has 0 radical (unpaired) electrons. The number of nitrogens with two attached hydrogens (primary N) is 1. The Bertz CT molecular complexity index is 453. The summed E-state index contributed by atoms with van der Waals surface area (Å²) in [6, 6.07) is 5.49. The van der Waals surface area contributed by atoms with E-state index < -0.39 is 0 Å². The second-order valence-electron chi connectivity index (χ2n) is 5.65. The van der Waals surface area contributed by atoms with Crippen molar-refractivity contribution >= 4 is 17.3 Å². The van der Waals surface area contributed by atoms with Crippen molar-refractivity contribution in [1.29, 1.82) is 0 Å². The van der Waals surface area contributed by atoms with Gasteiger partial charge in [0, 0.05) is 0 Å². The van der Waals surface area contributed by atoms with Crippen molar-refractivity contribution in [3.8, 4) is 0 Å². The predicted octanol–water partition coefficient (Wildman–Crippen LogP) is 2.35. The number of rotatable bonds is 6. The minimum atomic E-state index is -0.226. The highest BCUT2D eigenvalue weighted by Gasteiger charge is 2.10. The number of carbonyl (C=O) groups excluding carboxylic acids is 1. The van der Waals surface area contributed by atoms with Crippen LogP contribution in [0.15, 0.2) is 18.2 Å². The van der Waals surface area contributed by atoms with Crippen LogP contribution in [0.1, 0.15) is 26.3 Å². The van der Waals surface area contributed by atoms with Crippen molar-refractivity contribution in [1.82, 2.24) is 0 Å². The molecule has 0 aliphatic carbocycles. The number of nitrogen functional groups attached to an aromatic ring is 1. The third kappa shape index (κ3) is 6.54. The number of hydrogen-bond acceptors (Lipinski definition) is 4. The van der Waals surface area contributed by atoms with Crippen LogP contribution < -0.4 is 11.1 Å². The maximum Gasteiger partial charge on any atom is 0.250 e. The number of amides is 1. The Morgan fingerprint density at radius 1 is 1.30 bits per heavy atom. The summed E-state index contributed by atoms with van der Waals surface area (Å²) in [6.45, 7) is 8.69. The quantitative estimate of drug-likeness (QED) is 0.619. The molecule has 0 fully saturated rings. The van der Waals surface area contributed by atoms with Gasteiger partial charge in [0.15, 0.2) is 0 Å². The van der Waals surface area contributed by atoms with Gasteiger partial charge in [-0.2, -0.15) is 0 Å². The number of carbonyl (C=O) groups is 1. The zero-order valence-corrected chi connectivity index (χ0v) is 12.7. The fourth-order valence-electron chi connectivity index (χ4n) is 1.55. The van der Waals surface area contributed by atoms with Crippen molar-refractivity contribution in [3.05, 3.63) is 23.8 Å². The van der Waals surface area contributed by atoms with E-state index in [2.05, 4.69) is 5.32 Å². The first kappa shape index (κ1) is 16.5. The summed E-state index contributed by atoms with van der Waals surface area (Å²) in [5.41, 5.74) is 7.83. The molecule has 0 aliphatic rings. The number of nitrogens with one attached hydrogen (secondary N) is 1. The monoisotopic (exact) mass is 280 g/mol. The normalized spacial score (nSPS) is 11.4. The van der Waals surface area contributed by atoms with Crippen molar-refractivity contribution < 1.29 is 14.3 Å². The molecular weight excluding hydrogens is 256 g/mol. The Labute approximate surface area is 120 Å². The fourth-order valence-corrected chi connectivity index (χ4v) is 1.55. The molecule has 0 unspecified atom stereocenters. The third-order valence-corrected chi connectivity index (χ3v) is 2.48. The molecule has 5 heteroatoms. The summed E-state index contributed by atoms with van der Waals surface area (Å²) in [5.74, 6) is -0.226. The maximum atomic E-state index is 11.7. The second kappa shape index (κ2) is 7.26. The fraction of sp³-hybridized carbons (Fsp3) is 0.533. The molecule has 0 atom stereocenters. The van der Waals surface area contributed by atoms with Crippen LogP contribution in [-0.2, 0) is 14.3 Å². The summed E-state index contributed by atoms with van der Waals surface area (Å²) in [6.07, 6.45) is 0. The molecule has 0 saturated carbocycles. The molecule has 1 aromatic rings. The molecule has 0 saturated heterocycles. The molecule has 5 nitrogen and oxygen atoms in total. The minimum absolute atomic E-state index is 0.0131. The van der Waals surface area contributed by atoms with E-state index in [0.29, 0.717) is 24.6 Å². The van der Waals surface area contributed by atoms with Crippen molar-refractivity contribution in [2.24, 2.45) is 0 Å². The maximum absolute atomic E-state index is 11.7. The van der Waals surface area contributed by atoms with Gasteiger partial charge in [0.05, 0.1) is 30.2 Å². The molecule has 0 aromatic heterocycles. The van der Waals surface area contributed by atoms with Gasteiger partial charge in [-0.1, -0.05) is 6.07 Å². The van der Waals surface area contributed by atoms with E-state index in [9.17, 15) is 4.79 Å². The zero-order chi connectivity index (χ0) is 15.2. The van der Waals surface area contributed by atoms with Gasteiger partial charge in [-0.25, -0.2) is 0 Å². The highest BCUT2D eigenvalue weighted by atomic mass is 16.5. The average molecular weight is 280 g/mol. The van der Waals surface area contributed by atoms with Gasteiger partial charge in [-0.3, -0.25) is 4.79 Å². The molecule has 112 valence electrons. The average Bonchev–Trinajstić information content (AvgIpc) is 2.31. The van der Waals surface area contributed by atoms with Crippen molar-refractivity contribution in [2.75, 3.05) is 30.9 Å². The van der Waals surface area contributed by atoms with Gasteiger partial charge < -0.3 is 20.5 Å². The van der Waals surface area contributed by atoms with E-state index in [0.717, 1.165) is 5.56 Å². The lowest BCUT2D eigenvalue weighted by Gasteiger charge is -2.19. The molecule has 1 amide bonds. The molecule has 3 N–H and O–H groups in total. The summed E-state index contributed by atoms with van der Waals surface area (Å²) in [5, 5.41) is 2.71. The summed E-state index contributed by atoms with van der Waals surface area (Å²) < 4.78 is 10.7. The van der Waals surface area contributed by atoms with E-state index >= 15 is 0 Å². The summed E-state index contributed by atoms with van der Waals surface area (Å²) >= 11 is 0. The molecular formula is C15H24N2O3. The SMILES string of the molecule is Cc1ccc(NC(=O)COCCOC(C)(C)C)c(N)c1. The van der Waals surface area contributed by atoms with Crippen LogP contribution in [0.3, 0.4) is 0 Å². The van der Waals surface area contributed by atoms with Gasteiger partial charge in [0.2, 0.25) is 5.91 Å². The Morgan fingerprint density at radius 3 is 2.60 bits per heavy atom. The van der Waals surface area contributed by atoms with Gasteiger partial charge in [0.25, 0.3) is 0 Å². The molecule has 0 heterocycles. The van der Waals surface area contributed by atoms with Crippen LogP contribution in [0.2, 0.25) is 0 Å². The number of ether oxygens (including phenoxy) is 2. The number of aryl methyl sites for hydroxylation is 1. The van der Waals surface area contributed by atoms with E-state index in [1.54, 1.807) is 6.07 Å². The minimum Gasteiger partial charge on any atom is -0.397 e. The van der Waals surface area contributed by atoms with Gasteiger partial charge >= 0.3 is 0 Å². The van der Waals surface area contributed by atoms with Gasteiger partial charge in [-0.05, 0) is 45.4 Å². The Morgan fingerprint density at radius 2 is 2.00 bits per heavy atom. The van der Waals surface area contributed by atoms with Crippen LogP contribution in [0, 0.1) is 6.92 Å². The van der Waals surface area contributed by atoms with Crippen molar-refractivity contribution in [3.63, 3.8) is 0 Å². The van der Waals surface area contributed by atoms with E-state index in [4.69, 9.17) is 15.2 Å². The number of anilines is 2. The number of hydrogen-bond donors (Lipinski definition) is 2. The van der Waals surface area contributed by atoms with Crippen LogP contribution in [0.25, 0.3) is 0 Å². The third-order valence-electron chi connectivity index (χ3n) is 2.48. The molecule has 0 spiro atoms. The lowest BCUT2D eigenvalue weighted by atomic mass is 10.2. The summed E-state index contributed by atoms with van der Waals surface area (Å²) in [4.78, 5) is 11.7. The van der Waals surface area contributed by atoms with E-state index in [1.807, 2.05) is 39.8 Å². The van der Waals surface area contributed by atoms with Crippen LogP contribution in [-0.4, -0.2) is 31.3 Å². The predicted molar refractivity (Wildman–Crippen MR) is 80.7 cm³/mol. The van der Waals surface area contributed by atoms with Gasteiger partial charge in [-0.15, -0.1) is 0 Å². The highest BCUT2D eigenvalue weighted by Crippen LogP contribution is 2.19. The Kier molecular flexibility index (Phi) is 5.98. The van der Waals surface area contributed by atoms with E-state index in [-0.39, 0.29) is 18.1 Å². The first-order valence-electron chi connectivity index (χ1n) is 6.65. The molecule has 0 aliphatic heterocycles. The first-order chi connectivity index (χ1) is 9.28. The smallest absolute Gasteiger partial charge is 0.250 e.